The van der Waals surface area contributed by atoms with Crippen LogP contribution < -0.4 is 0 Å². The van der Waals surface area contributed by atoms with Gasteiger partial charge < -0.3 is 14.0 Å². The molecule has 0 saturated heterocycles. The van der Waals surface area contributed by atoms with Crippen LogP contribution in [0.15, 0.2) is 0 Å². The molecule has 8 heteroatoms. The molecule has 0 N–H and O–H groups in total. The summed E-state index contributed by atoms with van der Waals surface area (Å²) in [5, 5.41) is 0. The molecule has 0 radical (unpaired) electrons. The molecular weight excluding hydrogens is 488 g/mol. The normalized spacial score (nSPS) is 14.2. The molecule has 0 aliphatic carbocycles. The highest BCUT2D eigenvalue weighted by molar-refractivity contribution is 7.89. The first-order valence-corrected chi connectivity index (χ1v) is 16.4. The first kappa shape index (κ1) is 36.3. The number of unbranched alkanes of at least 4 members (excludes halogenated alkanes) is 7. The largest absolute Gasteiger partial charge is 0.384 e. The van der Waals surface area contributed by atoms with E-state index in [1.807, 2.05) is 28.1 Å². The van der Waals surface area contributed by atoms with Gasteiger partial charge in [0.1, 0.15) is 0 Å². The first-order valence-electron chi connectivity index (χ1n) is 14.8. The highest BCUT2D eigenvalue weighted by Gasteiger charge is 2.37. The summed E-state index contributed by atoms with van der Waals surface area (Å²) in [6, 6.07) is -0.445. The number of carbonyl (C=O) groups is 1. The molecule has 222 valence electrons. The smallest absolute Gasteiger partial charge is 0.237 e. The van der Waals surface area contributed by atoms with Crippen LogP contribution in [0.4, 0.5) is 0 Å². The van der Waals surface area contributed by atoms with Crippen molar-refractivity contribution in [2.45, 2.75) is 111 Å². The highest BCUT2D eigenvalue weighted by atomic mass is 32.2. The van der Waals surface area contributed by atoms with Gasteiger partial charge in [-0.2, -0.15) is 0 Å². The third kappa shape index (κ3) is 18.3. The van der Waals surface area contributed by atoms with Crippen LogP contribution in [0.1, 0.15) is 105 Å². The van der Waals surface area contributed by atoms with Crippen LogP contribution in [0.3, 0.4) is 0 Å². The molecule has 0 bridgehead atoms. The zero-order valence-electron chi connectivity index (χ0n) is 25.6. The Morgan fingerprint density at radius 2 is 1.41 bits per heavy atom. The van der Waals surface area contributed by atoms with Crippen LogP contribution >= 0.6 is 0 Å². The second kappa shape index (κ2) is 20.2. The zero-order chi connectivity index (χ0) is 28.3. The molecule has 1 amide bonds. The lowest BCUT2D eigenvalue weighted by Gasteiger charge is -2.36. The Hall–Kier alpha value is -0.700. The van der Waals surface area contributed by atoms with Crippen LogP contribution in [0.25, 0.3) is 0 Å². The maximum atomic E-state index is 13.5. The maximum Gasteiger partial charge on any atom is 0.237 e. The predicted octanol–water partition coefficient (Wildman–Crippen LogP) is 5.88. The lowest BCUT2D eigenvalue weighted by atomic mass is 9.95. The minimum Gasteiger partial charge on any atom is -0.384 e. The molecule has 0 fully saturated rings. The van der Waals surface area contributed by atoms with Crippen molar-refractivity contribution in [2.75, 3.05) is 60.4 Å². The minimum absolute atomic E-state index is 0.0229. The minimum atomic E-state index is -3.74. The molecule has 0 spiro atoms. The molecule has 7 nitrogen and oxygen atoms in total. The van der Waals surface area contributed by atoms with Crippen LogP contribution in [0, 0.1) is 11.8 Å². The van der Waals surface area contributed by atoms with Crippen molar-refractivity contribution in [1.29, 1.82) is 0 Å². The Balaban J connectivity index is 5.23. The highest BCUT2D eigenvalue weighted by Crippen LogP contribution is 2.25. The summed E-state index contributed by atoms with van der Waals surface area (Å²) in [5.74, 6) is 0.173. The SMILES string of the molecule is CCCOCC(COC)C(CCCCCCCCCCC(C)C)N(C(C)=O)S(=O)(=O)CCC[N+](C)(C)C. The average Bonchev–Trinajstić information content (AvgIpc) is 2.77. The van der Waals surface area contributed by atoms with E-state index in [9.17, 15) is 13.2 Å². The molecule has 0 aromatic rings. The van der Waals surface area contributed by atoms with E-state index >= 15 is 0 Å². The summed E-state index contributed by atoms with van der Waals surface area (Å²) in [4.78, 5) is 12.8. The molecule has 0 rings (SSSR count). The molecule has 0 aliphatic heterocycles. The van der Waals surface area contributed by atoms with Crippen molar-refractivity contribution in [3.8, 4) is 0 Å². The summed E-state index contributed by atoms with van der Waals surface area (Å²) in [7, 11) is 4.02. The van der Waals surface area contributed by atoms with Crippen LogP contribution in [-0.2, 0) is 24.3 Å². The van der Waals surface area contributed by atoms with E-state index in [0.29, 0.717) is 37.1 Å². The quantitative estimate of drug-likeness (QED) is 0.111. The summed E-state index contributed by atoms with van der Waals surface area (Å²) in [5.41, 5.74) is 0. The zero-order valence-corrected chi connectivity index (χ0v) is 26.4. The van der Waals surface area contributed by atoms with Gasteiger partial charge in [0, 0.05) is 33.0 Å². The fourth-order valence-electron chi connectivity index (χ4n) is 4.83. The molecule has 0 heterocycles. The van der Waals surface area contributed by atoms with E-state index in [1.165, 1.54) is 49.8 Å². The molecule has 2 unspecified atom stereocenters. The van der Waals surface area contributed by atoms with Crippen molar-refractivity contribution >= 4 is 15.9 Å². The molecule has 0 aromatic heterocycles. The van der Waals surface area contributed by atoms with Crippen molar-refractivity contribution in [2.24, 2.45) is 11.8 Å². The van der Waals surface area contributed by atoms with Gasteiger partial charge in [0.25, 0.3) is 0 Å². The number of quaternary nitrogens is 1. The maximum absolute atomic E-state index is 13.5. The second-order valence-corrected chi connectivity index (χ2v) is 14.1. The third-order valence-electron chi connectivity index (χ3n) is 6.78. The number of ether oxygens (including phenoxy) is 2. The fraction of sp³-hybridized carbons (Fsp3) is 0.966. The second-order valence-electron chi connectivity index (χ2n) is 12.2. The number of hydrogen-bond acceptors (Lipinski definition) is 5. The predicted molar refractivity (Wildman–Crippen MR) is 155 cm³/mol. The fourth-order valence-corrected chi connectivity index (χ4v) is 6.60. The Bertz CT molecular complexity index is 676. The molecular formula is C29H61N2O5S+. The van der Waals surface area contributed by atoms with E-state index in [-0.39, 0.29) is 11.7 Å². The Kier molecular flexibility index (Phi) is 19.9. The van der Waals surface area contributed by atoms with Crippen molar-refractivity contribution in [1.82, 2.24) is 4.31 Å². The number of methoxy groups -OCH3 is 1. The Morgan fingerprint density at radius 3 is 1.86 bits per heavy atom. The summed E-state index contributed by atoms with van der Waals surface area (Å²) >= 11 is 0. The lowest BCUT2D eigenvalue weighted by molar-refractivity contribution is -0.870. The van der Waals surface area contributed by atoms with Gasteiger partial charge in [0.2, 0.25) is 15.9 Å². The number of rotatable bonds is 24. The van der Waals surface area contributed by atoms with Gasteiger partial charge in [0.05, 0.1) is 52.7 Å². The lowest BCUT2D eigenvalue weighted by Crippen LogP contribution is -2.50. The van der Waals surface area contributed by atoms with Crippen LogP contribution in [0.5, 0.6) is 0 Å². The van der Waals surface area contributed by atoms with E-state index in [1.54, 1.807) is 7.11 Å². The van der Waals surface area contributed by atoms with Gasteiger partial charge in [-0.15, -0.1) is 0 Å². The average molecular weight is 550 g/mol. The van der Waals surface area contributed by atoms with Crippen molar-refractivity contribution in [3.63, 3.8) is 0 Å². The molecule has 0 aliphatic rings. The van der Waals surface area contributed by atoms with Gasteiger partial charge in [-0.3, -0.25) is 4.79 Å². The first-order chi connectivity index (χ1) is 17.4. The van der Waals surface area contributed by atoms with Crippen molar-refractivity contribution < 1.29 is 27.2 Å². The van der Waals surface area contributed by atoms with Crippen LogP contribution in [-0.4, -0.2) is 89.5 Å². The van der Waals surface area contributed by atoms with Gasteiger partial charge >= 0.3 is 0 Å². The van der Waals surface area contributed by atoms with E-state index in [4.69, 9.17) is 9.47 Å². The Labute approximate surface area is 230 Å². The third-order valence-corrected chi connectivity index (χ3v) is 8.71. The van der Waals surface area contributed by atoms with Gasteiger partial charge in [-0.25, -0.2) is 12.7 Å². The molecule has 0 aromatic carbocycles. The number of hydrogen-bond donors (Lipinski definition) is 0. The number of amides is 1. The number of nitrogens with zero attached hydrogens (tertiary/aromatic N) is 2. The van der Waals surface area contributed by atoms with E-state index < -0.39 is 22.0 Å². The molecule has 2 atom stereocenters. The summed E-state index contributed by atoms with van der Waals surface area (Å²) in [6.07, 6.45) is 12.9. The summed E-state index contributed by atoms with van der Waals surface area (Å²) in [6.45, 7) is 10.1. The van der Waals surface area contributed by atoms with E-state index in [0.717, 1.165) is 38.1 Å². The monoisotopic (exact) mass is 549 g/mol. The van der Waals surface area contributed by atoms with Gasteiger partial charge in [-0.1, -0.05) is 78.6 Å². The molecule has 0 saturated carbocycles. The molecule has 37 heavy (non-hydrogen) atoms. The topological polar surface area (TPSA) is 72.9 Å². The van der Waals surface area contributed by atoms with Crippen LogP contribution in [0.2, 0.25) is 0 Å². The van der Waals surface area contributed by atoms with E-state index in [2.05, 4.69) is 13.8 Å². The standard InChI is InChI=1S/C29H61N2O5S/c1-9-22-36-25-28(24-35-8)29(20-17-15-13-11-10-12-14-16-19-26(2)3)30(27(4)32)37(33,34)23-18-21-31(5,6)7/h26,28-29H,9-25H2,1-8H3/q+1. The number of carbonyl (C=O) groups excluding carboxylic acids is 1. The number of sulfonamides is 1. The van der Waals surface area contributed by atoms with Gasteiger partial charge in [0.15, 0.2) is 0 Å². The summed E-state index contributed by atoms with van der Waals surface area (Å²) < 4.78 is 40.1. The van der Waals surface area contributed by atoms with Crippen molar-refractivity contribution in [3.05, 3.63) is 0 Å². The Morgan fingerprint density at radius 1 is 0.865 bits per heavy atom. The van der Waals surface area contributed by atoms with Gasteiger partial charge in [-0.05, 0) is 18.8 Å².